The van der Waals surface area contributed by atoms with Crippen molar-refractivity contribution < 1.29 is 45.6 Å². The van der Waals surface area contributed by atoms with E-state index in [0.717, 1.165) is 0 Å². The predicted molar refractivity (Wildman–Crippen MR) is 147 cm³/mol. The molecule has 2 saturated heterocycles. The van der Waals surface area contributed by atoms with Crippen LogP contribution in [-0.2, 0) is 19.3 Å². The van der Waals surface area contributed by atoms with Crippen LogP contribution in [0.1, 0.15) is 81.8 Å². The Kier molecular flexibility index (Phi) is 8.86. The Bertz CT molecular complexity index is 1470. The predicted octanol–water partition coefficient (Wildman–Crippen LogP) is 3.75. The first-order valence-corrected chi connectivity index (χ1v) is 15.3. The minimum atomic E-state index is -3.04. The number of rotatable bonds is 7. The number of hydroxylamine groups is 1. The first kappa shape index (κ1) is 32.4. The maximum absolute atomic E-state index is 14.0. The third kappa shape index (κ3) is 6.77. The van der Waals surface area contributed by atoms with Crippen LogP contribution in [0.2, 0.25) is 0 Å². The molecule has 4 aliphatic rings. The van der Waals surface area contributed by atoms with Gasteiger partial charge in [0.15, 0.2) is 5.71 Å². The first-order valence-electron chi connectivity index (χ1n) is 15.3. The highest BCUT2D eigenvalue weighted by molar-refractivity contribution is 6.40. The summed E-state index contributed by atoms with van der Waals surface area (Å²) in [5, 5.41) is 10.9. The number of nitrogens with zero attached hydrogens (tertiary/aromatic N) is 6. The molecule has 0 radical (unpaired) electrons. The number of nitrogens with one attached hydrogen (secondary N) is 2. The molecule has 2 aromatic heterocycles. The molecule has 1 saturated carbocycles. The van der Waals surface area contributed by atoms with Crippen LogP contribution < -0.4 is 10.8 Å². The fourth-order valence-electron chi connectivity index (χ4n) is 6.55. The van der Waals surface area contributed by atoms with Crippen molar-refractivity contribution in [2.24, 2.45) is 17.0 Å². The molecular weight excluding hydrogens is 626 g/mol. The molecule has 18 heteroatoms. The summed E-state index contributed by atoms with van der Waals surface area (Å²) < 4.78 is 89.5. The van der Waals surface area contributed by atoms with Gasteiger partial charge in [-0.1, -0.05) is 5.16 Å². The van der Waals surface area contributed by atoms with Gasteiger partial charge < -0.3 is 15.0 Å². The van der Waals surface area contributed by atoms with E-state index in [9.17, 15) is 35.9 Å². The molecule has 5 unspecified atom stereocenters. The number of halogens is 6. The number of piperidine rings is 1. The van der Waals surface area contributed by atoms with Gasteiger partial charge in [-0.25, -0.2) is 40.8 Å². The fraction of sp³-hybridized carbons (Fsp3) is 0.714. The van der Waals surface area contributed by atoms with Crippen LogP contribution in [0.5, 0.6) is 0 Å². The molecule has 2 aromatic rings. The SMILES string of the molecule is CC1NON=C1C(=O)NC(c1cn2ncc(C3CC(C(F)F)CCN3C(=O)C3CCC(F)(F)CO3)nc2n1)C1CCC(F)(F)CC1. The number of fused-ring (bicyclic) bond motifs is 1. The van der Waals surface area contributed by atoms with Crippen LogP contribution in [0.25, 0.3) is 5.78 Å². The van der Waals surface area contributed by atoms with E-state index in [1.807, 2.05) is 0 Å². The summed E-state index contributed by atoms with van der Waals surface area (Å²) in [7, 11) is 0. The van der Waals surface area contributed by atoms with Gasteiger partial charge in [0.1, 0.15) is 12.7 Å². The Hall–Kier alpha value is -3.54. The molecule has 0 bridgehead atoms. The average Bonchev–Trinajstić information content (AvgIpc) is 3.65. The van der Waals surface area contributed by atoms with Crippen LogP contribution in [0.15, 0.2) is 17.5 Å². The normalized spacial score (nSPS) is 29.0. The molecule has 5 atom stereocenters. The van der Waals surface area contributed by atoms with Crippen molar-refractivity contribution in [1.82, 2.24) is 35.3 Å². The van der Waals surface area contributed by atoms with Gasteiger partial charge in [0, 0.05) is 31.7 Å². The molecule has 2 N–H and O–H groups in total. The molecule has 46 heavy (non-hydrogen) atoms. The maximum Gasteiger partial charge on any atom is 0.271 e. The number of ether oxygens (including phenoxy) is 1. The van der Waals surface area contributed by atoms with E-state index in [-0.39, 0.29) is 68.7 Å². The summed E-state index contributed by atoms with van der Waals surface area (Å²) in [6, 6.07) is -2.28. The van der Waals surface area contributed by atoms with E-state index in [4.69, 9.17) is 9.68 Å². The topological polar surface area (TPSA) is 135 Å². The van der Waals surface area contributed by atoms with Gasteiger partial charge in [-0.3, -0.25) is 14.5 Å². The Labute approximate surface area is 259 Å². The number of hydrogen-bond donors (Lipinski definition) is 2. The van der Waals surface area contributed by atoms with Crippen LogP contribution >= 0.6 is 0 Å². The zero-order valence-electron chi connectivity index (χ0n) is 24.9. The van der Waals surface area contributed by atoms with Gasteiger partial charge in [0.25, 0.3) is 23.5 Å². The van der Waals surface area contributed by atoms with E-state index >= 15 is 0 Å². The van der Waals surface area contributed by atoms with E-state index in [2.05, 4.69) is 31.0 Å². The Morgan fingerprint density at radius 1 is 1.04 bits per heavy atom. The molecule has 3 aliphatic heterocycles. The lowest BCUT2D eigenvalue weighted by atomic mass is 9.81. The number of oxime groups is 1. The quantitative estimate of drug-likeness (QED) is 0.429. The second-order valence-electron chi connectivity index (χ2n) is 12.5. The fourth-order valence-corrected chi connectivity index (χ4v) is 6.55. The lowest BCUT2D eigenvalue weighted by molar-refractivity contribution is -0.174. The second-order valence-corrected chi connectivity index (χ2v) is 12.5. The zero-order chi connectivity index (χ0) is 32.8. The summed E-state index contributed by atoms with van der Waals surface area (Å²) >= 11 is 0. The standard InChI is InChI=1S/C28H34F6N8O4/c1-14-21(40-46-39-14)24(43)38-22(15-2-6-27(31,32)7-3-15)18-12-42-26(37-18)36-17(11-35-42)19-10-16(23(29)30)5-9-41(19)25(44)20-4-8-28(33,34)13-45-20/h11-12,14-16,19-20,22-23,39H,2-10,13H2,1H3,(H,38,43). The lowest BCUT2D eigenvalue weighted by Crippen LogP contribution is -2.50. The Balaban J connectivity index is 1.28. The summed E-state index contributed by atoms with van der Waals surface area (Å²) in [5.74, 6) is -8.43. The third-order valence-corrected chi connectivity index (χ3v) is 9.25. The molecule has 3 fully saturated rings. The van der Waals surface area contributed by atoms with Crippen molar-refractivity contribution in [3.63, 3.8) is 0 Å². The maximum atomic E-state index is 14.0. The Morgan fingerprint density at radius 2 is 1.78 bits per heavy atom. The van der Waals surface area contributed by atoms with Gasteiger partial charge in [-0.05, 0) is 44.9 Å². The smallest absolute Gasteiger partial charge is 0.271 e. The van der Waals surface area contributed by atoms with Crippen molar-refractivity contribution in [1.29, 1.82) is 0 Å². The number of alkyl halides is 6. The molecular formula is C28H34F6N8O4. The summed E-state index contributed by atoms with van der Waals surface area (Å²) in [5.41, 5.74) is 3.06. The summed E-state index contributed by atoms with van der Waals surface area (Å²) in [6.07, 6.45) is -2.35. The van der Waals surface area contributed by atoms with E-state index < -0.39 is 79.2 Å². The molecule has 0 spiro atoms. The van der Waals surface area contributed by atoms with Crippen molar-refractivity contribution in [3.05, 3.63) is 23.8 Å². The van der Waals surface area contributed by atoms with E-state index in [1.54, 1.807) is 6.92 Å². The van der Waals surface area contributed by atoms with Crippen molar-refractivity contribution in [3.8, 4) is 0 Å². The largest absolute Gasteiger partial charge is 0.362 e. The van der Waals surface area contributed by atoms with Crippen molar-refractivity contribution >= 4 is 23.3 Å². The third-order valence-electron chi connectivity index (χ3n) is 9.25. The monoisotopic (exact) mass is 660 g/mol. The zero-order valence-corrected chi connectivity index (χ0v) is 24.9. The van der Waals surface area contributed by atoms with Crippen molar-refractivity contribution in [2.75, 3.05) is 13.2 Å². The highest BCUT2D eigenvalue weighted by Gasteiger charge is 2.44. The summed E-state index contributed by atoms with van der Waals surface area (Å²) in [4.78, 5) is 41.7. The molecule has 2 amide bonds. The average molecular weight is 661 g/mol. The minimum Gasteiger partial charge on any atom is -0.362 e. The first-order chi connectivity index (χ1) is 21.8. The molecule has 1 aliphatic carbocycles. The number of carbonyl (C=O) groups is 2. The van der Waals surface area contributed by atoms with Gasteiger partial charge in [0.05, 0.1) is 41.9 Å². The molecule has 12 nitrogen and oxygen atoms in total. The number of imidazole rings is 1. The molecule has 0 aromatic carbocycles. The molecule has 5 heterocycles. The molecule has 6 rings (SSSR count). The van der Waals surface area contributed by atoms with Gasteiger partial charge in [-0.15, -0.1) is 5.48 Å². The number of amides is 2. The minimum absolute atomic E-state index is 0.0122. The van der Waals surface area contributed by atoms with Crippen LogP contribution in [-0.4, -0.2) is 85.6 Å². The second kappa shape index (κ2) is 12.6. The van der Waals surface area contributed by atoms with Gasteiger partial charge in [0.2, 0.25) is 12.3 Å². The van der Waals surface area contributed by atoms with Crippen molar-refractivity contribution in [2.45, 2.75) is 101 Å². The highest BCUT2D eigenvalue weighted by atomic mass is 19.3. The van der Waals surface area contributed by atoms with Gasteiger partial charge in [-0.2, -0.15) is 5.10 Å². The Morgan fingerprint density at radius 3 is 2.43 bits per heavy atom. The van der Waals surface area contributed by atoms with Gasteiger partial charge >= 0.3 is 0 Å². The summed E-state index contributed by atoms with van der Waals surface area (Å²) in [6.45, 7) is 0.703. The molecule has 252 valence electrons. The number of hydrogen-bond acceptors (Lipinski definition) is 9. The van der Waals surface area contributed by atoms with Crippen LogP contribution in [0.4, 0.5) is 26.3 Å². The van der Waals surface area contributed by atoms with E-state index in [1.165, 1.54) is 21.8 Å². The number of likely N-dealkylation sites (tertiary alicyclic amines) is 1. The van der Waals surface area contributed by atoms with Crippen LogP contribution in [0.3, 0.4) is 0 Å². The lowest BCUT2D eigenvalue weighted by Gasteiger charge is -2.41. The number of aromatic nitrogens is 4. The van der Waals surface area contributed by atoms with E-state index in [0.29, 0.717) is 5.69 Å². The number of carbonyl (C=O) groups excluding carboxylic acids is 2. The highest BCUT2D eigenvalue weighted by Crippen LogP contribution is 2.42. The van der Waals surface area contributed by atoms with Crippen LogP contribution in [0, 0.1) is 11.8 Å².